The fraction of sp³-hybridized carbons (Fsp3) is 0.273. The van der Waals surface area contributed by atoms with Gasteiger partial charge in [-0.15, -0.1) is 11.3 Å². The summed E-state index contributed by atoms with van der Waals surface area (Å²) < 4.78 is 0. The maximum Gasteiger partial charge on any atom is 0.0516 e. The third-order valence-corrected chi connectivity index (χ3v) is 4.39. The summed E-state index contributed by atoms with van der Waals surface area (Å²) >= 11 is 9.31. The number of nitrogens with one attached hydrogen (secondary N) is 1. The Morgan fingerprint density at radius 2 is 2.13 bits per heavy atom. The van der Waals surface area contributed by atoms with Crippen LogP contribution in [-0.2, 0) is 13.1 Å². The van der Waals surface area contributed by atoms with Crippen molar-refractivity contribution in [2.24, 2.45) is 0 Å². The monoisotopic (exact) mass is 257 g/mol. The molecule has 15 heavy (non-hydrogen) atoms. The molecule has 2 heterocycles. The molecular formula is C11H12ClNS2. The van der Waals surface area contributed by atoms with Crippen LogP contribution in [0.1, 0.15) is 16.0 Å². The van der Waals surface area contributed by atoms with Crippen molar-refractivity contribution < 1.29 is 0 Å². The highest BCUT2D eigenvalue weighted by Gasteiger charge is 2.00. The van der Waals surface area contributed by atoms with Gasteiger partial charge in [-0.05, 0) is 34.9 Å². The highest BCUT2D eigenvalue weighted by Crippen LogP contribution is 2.19. The van der Waals surface area contributed by atoms with E-state index in [4.69, 9.17) is 11.6 Å². The highest BCUT2D eigenvalue weighted by atomic mass is 35.5. The lowest BCUT2D eigenvalue weighted by molar-refractivity contribution is 0.700. The van der Waals surface area contributed by atoms with E-state index in [1.807, 2.05) is 11.4 Å². The predicted octanol–water partition coefficient (Wildman–Crippen LogP) is 4.06. The number of rotatable bonds is 4. The quantitative estimate of drug-likeness (QED) is 0.871. The van der Waals surface area contributed by atoms with Gasteiger partial charge in [-0.3, -0.25) is 0 Å². The summed E-state index contributed by atoms with van der Waals surface area (Å²) in [6.45, 7) is 3.98. The minimum absolute atomic E-state index is 0.837. The highest BCUT2D eigenvalue weighted by molar-refractivity contribution is 7.10. The van der Waals surface area contributed by atoms with Crippen LogP contribution in [0.5, 0.6) is 0 Å². The fourth-order valence-electron chi connectivity index (χ4n) is 1.33. The first-order valence-corrected chi connectivity index (χ1v) is 6.91. The van der Waals surface area contributed by atoms with Gasteiger partial charge in [-0.25, -0.2) is 0 Å². The van der Waals surface area contributed by atoms with Crippen LogP contribution in [0.15, 0.2) is 22.2 Å². The molecule has 0 saturated heterocycles. The molecule has 2 aromatic rings. The van der Waals surface area contributed by atoms with E-state index in [9.17, 15) is 0 Å². The smallest absolute Gasteiger partial charge is 0.0516 e. The van der Waals surface area contributed by atoms with Crippen LogP contribution in [0.4, 0.5) is 0 Å². The Balaban J connectivity index is 1.83. The normalized spacial score (nSPS) is 10.8. The lowest BCUT2D eigenvalue weighted by Gasteiger charge is -2.02. The molecule has 0 fully saturated rings. The molecule has 1 N–H and O–H groups in total. The molecule has 0 unspecified atom stereocenters. The third-order valence-electron chi connectivity index (χ3n) is 2.20. The second-order valence-electron chi connectivity index (χ2n) is 3.41. The Morgan fingerprint density at radius 1 is 1.27 bits per heavy atom. The Bertz CT molecular complexity index is 433. The molecule has 0 atom stereocenters. The van der Waals surface area contributed by atoms with E-state index < -0.39 is 0 Å². The Morgan fingerprint density at radius 3 is 2.73 bits per heavy atom. The summed E-state index contributed by atoms with van der Waals surface area (Å²) in [7, 11) is 0. The van der Waals surface area contributed by atoms with Gasteiger partial charge >= 0.3 is 0 Å². The van der Waals surface area contributed by atoms with Crippen LogP contribution >= 0.6 is 34.3 Å². The molecule has 0 aliphatic rings. The SMILES string of the molecule is Cc1cscc1CNCc1cc(Cl)cs1. The maximum atomic E-state index is 5.85. The molecule has 4 heteroatoms. The molecule has 80 valence electrons. The molecule has 0 aliphatic carbocycles. The summed E-state index contributed by atoms with van der Waals surface area (Å²) in [6.07, 6.45) is 0. The van der Waals surface area contributed by atoms with Gasteiger partial charge in [0.15, 0.2) is 0 Å². The van der Waals surface area contributed by atoms with E-state index in [1.54, 1.807) is 22.7 Å². The first kappa shape index (κ1) is 11.1. The molecule has 0 spiro atoms. The third kappa shape index (κ3) is 3.05. The van der Waals surface area contributed by atoms with E-state index >= 15 is 0 Å². The van der Waals surface area contributed by atoms with E-state index in [0.717, 1.165) is 18.1 Å². The number of aryl methyl sites for hydroxylation is 1. The van der Waals surface area contributed by atoms with Gasteiger partial charge < -0.3 is 5.32 Å². The van der Waals surface area contributed by atoms with Gasteiger partial charge in [0.25, 0.3) is 0 Å². The molecule has 0 aromatic carbocycles. The van der Waals surface area contributed by atoms with E-state index in [1.165, 1.54) is 16.0 Å². The average Bonchev–Trinajstić information content (AvgIpc) is 2.77. The van der Waals surface area contributed by atoms with E-state index in [0.29, 0.717) is 0 Å². The average molecular weight is 258 g/mol. The van der Waals surface area contributed by atoms with Gasteiger partial charge in [0, 0.05) is 23.3 Å². The number of thiophene rings is 2. The predicted molar refractivity (Wildman–Crippen MR) is 68.9 cm³/mol. The number of hydrogen-bond acceptors (Lipinski definition) is 3. The van der Waals surface area contributed by atoms with Crippen molar-refractivity contribution in [1.29, 1.82) is 0 Å². The Labute approximate surface area is 103 Å². The first-order chi connectivity index (χ1) is 7.25. The van der Waals surface area contributed by atoms with Crippen LogP contribution in [-0.4, -0.2) is 0 Å². The van der Waals surface area contributed by atoms with Crippen LogP contribution in [0, 0.1) is 6.92 Å². The fourth-order valence-corrected chi connectivity index (χ4v) is 3.23. The van der Waals surface area contributed by atoms with Crippen LogP contribution in [0.2, 0.25) is 5.02 Å². The topological polar surface area (TPSA) is 12.0 Å². The second kappa shape index (κ2) is 5.12. The molecule has 0 bridgehead atoms. The zero-order valence-corrected chi connectivity index (χ0v) is 10.8. The summed E-state index contributed by atoms with van der Waals surface area (Å²) in [6, 6.07) is 2.01. The number of hydrogen-bond donors (Lipinski definition) is 1. The maximum absolute atomic E-state index is 5.85. The van der Waals surface area contributed by atoms with Crippen molar-refractivity contribution >= 4 is 34.3 Å². The zero-order chi connectivity index (χ0) is 10.7. The van der Waals surface area contributed by atoms with Crippen molar-refractivity contribution in [2.75, 3.05) is 0 Å². The molecule has 2 aromatic heterocycles. The first-order valence-electron chi connectivity index (χ1n) is 4.71. The summed E-state index contributed by atoms with van der Waals surface area (Å²) in [5.41, 5.74) is 2.76. The van der Waals surface area contributed by atoms with Gasteiger partial charge in [0.2, 0.25) is 0 Å². The molecular weight excluding hydrogens is 246 g/mol. The summed E-state index contributed by atoms with van der Waals surface area (Å²) in [4.78, 5) is 1.29. The van der Waals surface area contributed by atoms with Crippen LogP contribution in [0.25, 0.3) is 0 Å². The molecule has 0 radical (unpaired) electrons. The van der Waals surface area contributed by atoms with Gasteiger partial charge in [0.1, 0.15) is 0 Å². The van der Waals surface area contributed by atoms with Crippen molar-refractivity contribution in [2.45, 2.75) is 20.0 Å². The minimum Gasteiger partial charge on any atom is -0.308 e. The lowest BCUT2D eigenvalue weighted by atomic mass is 10.2. The van der Waals surface area contributed by atoms with Crippen molar-refractivity contribution in [3.63, 3.8) is 0 Å². The van der Waals surface area contributed by atoms with Crippen molar-refractivity contribution in [3.8, 4) is 0 Å². The zero-order valence-electron chi connectivity index (χ0n) is 8.42. The van der Waals surface area contributed by atoms with E-state index in [2.05, 4.69) is 23.0 Å². The molecule has 0 amide bonds. The van der Waals surface area contributed by atoms with Gasteiger partial charge in [-0.2, -0.15) is 11.3 Å². The van der Waals surface area contributed by atoms with Gasteiger partial charge in [-0.1, -0.05) is 11.6 Å². The summed E-state index contributed by atoms with van der Waals surface area (Å²) in [5.74, 6) is 0. The molecule has 2 rings (SSSR count). The van der Waals surface area contributed by atoms with Gasteiger partial charge in [0.05, 0.1) is 5.02 Å². The van der Waals surface area contributed by atoms with E-state index in [-0.39, 0.29) is 0 Å². The molecule has 0 aliphatic heterocycles. The number of halogens is 1. The minimum atomic E-state index is 0.837. The lowest BCUT2D eigenvalue weighted by Crippen LogP contribution is -2.11. The van der Waals surface area contributed by atoms with Crippen molar-refractivity contribution in [1.82, 2.24) is 5.32 Å². The second-order valence-corrected chi connectivity index (χ2v) is 5.59. The van der Waals surface area contributed by atoms with Crippen molar-refractivity contribution in [3.05, 3.63) is 43.2 Å². The van der Waals surface area contributed by atoms with Crippen LogP contribution in [0.3, 0.4) is 0 Å². The Hall–Kier alpha value is -0.350. The largest absolute Gasteiger partial charge is 0.308 e. The molecule has 0 saturated carbocycles. The van der Waals surface area contributed by atoms with Crippen LogP contribution < -0.4 is 5.32 Å². The molecule has 1 nitrogen and oxygen atoms in total. The summed E-state index contributed by atoms with van der Waals surface area (Å²) in [5, 5.41) is 10.6. The standard InChI is InChI=1S/C11H12ClNS2/c1-8-5-14-6-9(8)3-13-4-11-2-10(12)7-15-11/h2,5-7,13H,3-4H2,1H3. The Kier molecular flexibility index (Phi) is 3.81.